The maximum Gasteiger partial charge on any atom is 2.00 e. The minimum atomic E-state index is 0. The zero-order chi connectivity index (χ0) is 10.8. The van der Waals surface area contributed by atoms with Gasteiger partial charge in [0.25, 0.3) is 0 Å². The molecule has 0 bridgehead atoms. The minimum absolute atomic E-state index is 0. The fourth-order valence-corrected chi connectivity index (χ4v) is 1.78. The summed E-state index contributed by atoms with van der Waals surface area (Å²) in [6, 6.07) is 8.47. The van der Waals surface area contributed by atoms with Gasteiger partial charge in [-0.15, -0.1) is 0 Å². The molecule has 1 aromatic carbocycles. The Balaban J connectivity index is -0.000000640. The molecule has 3 heteroatoms. The van der Waals surface area contributed by atoms with E-state index in [0.29, 0.717) is 0 Å². The average Bonchev–Trinajstić information content (AvgIpc) is 2.20. The number of fused-ring (bicyclic) bond motifs is 1. The van der Waals surface area contributed by atoms with Gasteiger partial charge in [-0.25, -0.2) is 4.98 Å². The molecule has 0 amide bonds. The number of rotatable bonds is 2. The first-order valence-electron chi connectivity index (χ1n) is 5.32. The number of anilines is 1. The van der Waals surface area contributed by atoms with Crippen LogP contribution in [0.1, 0.15) is 28.3 Å². The minimum Gasteiger partial charge on any atom is -1.00 e. The maximum atomic E-state index is 4.56. The molecule has 2 rings (SSSR count). The summed E-state index contributed by atoms with van der Waals surface area (Å²) in [6.07, 6.45) is 0. The van der Waals surface area contributed by atoms with E-state index >= 15 is 0 Å². The molecule has 0 fully saturated rings. The number of nitrogens with zero attached hydrogens (tertiary/aromatic N) is 1. The number of aryl methyl sites for hydroxylation is 2. The Morgan fingerprint density at radius 2 is 1.94 bits per heavy atom. The van der Waals surface area contributed by atoms with Crippen LogP contribution >= 0.6 is 0 Å². The molecule has 0 aliphatic carbocycles. The summed E-state index contributed by atoms with van der Waals surface area (Å²) in [5.74, 6) is 0.964. The monoisotopic (exact) mass is 356 g/mol. The van der Waals surface area contributed by atoms with Gasteiger partial charge in [0.1, 0.15) is 5.82 Å². The second-order valence-electron chi connectivity index (χ2n) is 3.88. The van der Waals surface area contributed by atoms with Gasteiger partial charge >= 0.3 is 48.9 Å². The molecule has 1 heterocycles. The predicted molar refractivity (Wildman–Crippen MR) is 80.1 cm³/mol. The second-order valence-corrected chi connectivity index (χ2v) is 3.88. The third-order valence-corrected chi connectivity index (χ3v) is 2.53. The molecule has 1 N–H and O–H groups in total. The van der Waals surface area contributed by atoms with E-state index in [1.54, 1.807) is 0 Å². The van der Waals surface area contributed by atoms with Crippen molar-refractivity contribution in [3.05, 3.63) is 35.4 Å². The average molecular weight is 356 g/mol. The molecule has 0 aliphatic heterocycles. The van der Waals surface area contributed by atoms with E-state index in [4.69, 9.17) is 0 Å². The van der Waals surface area contributed by atoms with Gasteiger partial charge < -0.3 is 8.17 Å². The summed E-state index contributed by atoms with van der Waals surface area (Å²) in [4.78, 5) is 4.56. The number of aromatic nitrogens is 1. The quantitative estimate of drug-likeness (QED) is 0.830. The first-order valence-corrected chi connectivity index (χ1v) is 5.32. The van der Waals surface area contributed by atoms with Crippen LogP contribution in [-0.2, 0) is 0 Å². The Bertz CT molecular complexity index is 504. The van der Waals surface area contributed by atoms with Gasteiger partial charge in [-0.05, 0) is 44.5 Å². The van der Waals surface area contributed by atoms with Crippen LogP contribution in [0.3, 0.4) is 0 Å². The van der Waals surface area contributed by atoms with E-state index in [9.17, 15) is 0 Å². The third kappa shape index (κ3) is 4.00. The normalized spacial score (nSPS) is 9.35. The van der Waals surface area contributed by atoms with Crippen molar-refractivity contribution in [1.29, 1.82) is 0 Å². The van der Waals surface area contributed by atoms with Crippen LogP contribution in [0, 0.1) is 13.8 Å². The molecule has 0 saturated carbocycles. The molecule has 0 radical (unpaired) electrons. The van der Waals surface area contributed by atoms with E-state index in [2.05, 4.69) is 55.3 Å². The number of hydrogen-bond acceptors (Lipinski definition) is 2. The van der Waals surface area contributed by atoms with E-state index < -0.39 is 0 Å². The topological polar surface area (TPSA) is 24.9 Å². The fraction of sp³-hybridized carbons (Fsp3) is 0.357. The van der Waals surface area contributed by atoms with Crippen LogP contribution in [0.4, 0.5) is 5.82 Å². The molecule has 0 saturated heterocycles. The van der Waals surface area contributed by atoms with Gasteiger partial charge in [0.15, 0.2) is 0 Å². The van der Waals surface area contributed by atoms with E-state index in [1.165, 1.54) is 16.5 Å². The van der Waals surface area contributed by atoms with Gasteiger partial charge in [0.05, 0.1) is 5.52 Å². The van der Waals surface area contributed by atoms with E-state index in [1.807, 2.05) is 0 Å². The van der Waals surface area contributed by atoms with Crippen molar-refractivity contribution in [3.63, 3.8) is 0 Å². The van der Waals surface area contributed by atoms with Crippen LogP contribution < -0.4 is 5.32 Å². The largest absolute Gasteiger partial charge is 2.00 e. The van der Waals surface area contributed by atoms with E-state index in [-0.39, 0.29) is 59.2 Å². The first-order chi connectivity index (χ1) is 7.20. The van der Waals surface area contributed by atoms with Gasteiger partial charge in [0.2, 0.25) is 0 Å². The third-order valence-electron chi connectivity index (χ3n) is 2.53. The SMILES string of the molecule is C.CCNc1cc(C)c2cc(C)ccc2n1.[Ba+2].[H-].[H-]. The van der Waals surface area contributed by atoms with Crippen molar-refractivity contribution in [2.45, 2.75) is 28.2 Å². The van der Waals surface area contributed by atoms with Crippen molar-refractivity contribution < 1.29 is 2.85 Å². The summed E-state index contributed by atoms with van der Waals surface area (Å²) in [7, 11) is 0. The van der Waals surface area contributed by atoms with Crippen LogP contribution in [0.2, 0.25) is 0 Å². The van der Waals surface area contributed by atoms with Gasteiger partial charge in [0, 0.05) is 11.9 Å². The summed E-state index contributed by atoms with van der Waals surface area (Å²) in [6.45, 7) is 7.22. The van der Waals surface area contributed by atoms with Gasteiger partial charge in [-0.1, -0.05) is 19.1 Å². The summed E-state index contributed by atoms with van der Waals surface area (Å²) < 4.78 is 0. The Kier molecular flexibility index (Phi) is 7.44. The molecule has 0 spiro atoms. The van der Waals surface area contributed by atoms with Crippen molar-refractivity contribution in [2.75, 3.05) is 11.9 Å². The summed E-state index contributed by atoms with van der Waals surface area (Å²) in [5, 5.41) is 4.49. The summed E-state index contributed by atoms with van der Waals surface area (Å²) >= 11 is 0. The van der Waals surface area contributed by atoms with Crippen LogP contribution in [0.15, 0.2) is 24.3 Å². The molecule has 2 nitrogen and oxygen atoms in total. The molecule has 0 atom stereocenters. The zero-order valence-corrected chi connectivity index (χ0v) is 14.6. The molecule has 1 aromatic heterocycles. The van der Waals surface area contributed by atoms with Crippen molar-refractivity contribution >= 4 is 65.6 Å². The van der Waals surface area contributed by atoms with Gasteiger partial charge in [-0.3, -0.25) is 0 Å². The Morgan fingerprint density at radius 3 is 2.59 bits per heavy atom. The molecule has 0 unspecified atom stereocenters. The zero-order valence-electron chi connectivity index (χ0n) is 12.2. The van der Waals surface area contributed by atoms with Crippen LogP contribution in [0.25, 0.3) is 10.9 Å². The van der Waals surface area contributed by atoms with Crippen molar-refractivity contribution in [3.8, 4) is 0 Å². The molecule has 0 aliphatic rings. The smallest absolute Gasteiger partial charge is 1.00 e. The standard InChI is InChI=1S/C13H16N2.CH4.Ba.2H/c1-4-14-13-8-10(3)11-7-9(2)5-6-12(11)15-13;;;;/h5-8H,4H2,1-3H3,(H,14,15);1H4;;;/q;;+2;2*-1. The van der Waals surface area contributed by atoms with Crippen LogP contribution in [-0.4, -0.2) is 60.4 Å². The second kappa shape index (κ2) is 7.44. The number of nitrogens with one attached hydrogen (secondary N) is 1. The summed E-state index contributed by atoms with van der Waals surface area (Å²) in [5.41, 5.74) is 3.62. The van der Waals surface area contributed by atoms with Crippen LogP contribution in [0.5, 0.6) is 0 Å². The molecule has 17 heavy (non-hydrogen) atoms. The Labute approximate surface area is 147 Å². The molecular weight excluding hydrogens is 333 g/mol. The number of benzene rings is 1. The molecule has 90 valence electrons. The fourth-order valence-electron chi connectivity index (χ4n) is 1.78. The van der Waals surface area contributed by atoms with Crippen molar-refractivity contribution in [1.82, 2.24) is 4.98 Å². The predicted octanol–water partition coefficient (Wildman–Crippen LogP) is 3.76. The number of pyridine rings is 1. The molecular formula is C14H22BaN2. The van der Waals surface area contributed by atoms with E-state index in [0.717, 1.165) is 17.9 Å². The molecule has 2 aromatic rings. The maximum absolute atomic E-state index is 4.56. The van der Waals surface area contributed by atoms with Gasteiger partial charge in [-0.2, -0.15) is 0 Å². The van der Waals surface area contributed by atoms with Crippen molar-refractivity contribution in [2.24, 2.45) is 0 Å². The Hall–Kier alpha value is 0.00143. The first kappa shape index (κ1) is 17.0. The number of hydrogen-bond donors (Lipinski definition) is 1. The Morgan fingerprint density at radius 1 is 1.24 bits per heavy atom.